The molecule has 190 valence electrons. The molecule has 2 aromatic carbocycles. The SMILES string of the molecule is CCOc1cc(/C=C2/SC(=O)N(CC(=O)Nc3ccc(Br)cc3)C2=O)ccc1Oc1nc(Cl)ncc1F. The molecule has 4 rings (SSSR count). The number of amides is 3. The fourth-order valence-corrected chi connectivity index (χ4v) is 4.37. The summed E-state index contributed by atoms with van der Waals surface area (Å²) in [5, 5.41) is 1.89. The lowest BCUT2D eigenvalue weighted by molar-refractivity contribution is -0.127. The number of hydrogen-bond acceptors (Lipinski definition) is 8. The fraction of sp³-hybridized carbons (Fsp3) is 0.125. The molecule has 1 N–H and O–H groups in total. The van der Waals surface area contributed by atoms with Gasteiger partial charge in [-0.1, -0.05) is 22.0 Å². The van der Waals surface area contributed by atoms with E-state index in [9.17, 15) is 18.8 Å². The van der Waals surface area contributed by atoms with Crippen molar-refractivity contribution in [1.82, 2.24) is 14.9 Å². The van der Waals surface area contributed by atoms with Gasteiger partial charge in [-0.2, -0.15) is 9.37 Å². The highest BCUT2D eigenvalue weighted by molar-refractivity contribution is 9.10. The van der Waals surface area contributed by atoms with Crippen LogP contribution in [0.2, 0.25) is 5.28 Å². The van der Waals surface area contributed by atoms with Crippen molar-refractivity contribution < 1.29 is 28.2 Å². The van der Waals surface area contributed by atoms with Crippen LogP contribution in [-0.4, -0.2) is 45.1 Å². The number of nitrogens with one attached hydrogen (secondary N) is 1. The lowest BCUT2D eigenvalue weighted by atomic mass is 10.2. The van der Waals surface area contributed by atoms with Gasteiger partial charge in [0, 0.05) is 10.2 Å². The Morgan fingerprint density at radius 3 is 2.70 bits per heavy atom. The standard InChI is InChI=1S/C24H17BrClFN4O5S/c1-2-35-18-9-13(3-8-17(18)36-21-16(27)11-28-23(26)30-21)10-19-22(33)31(24(34)37-19)12-20(32)29-15-6-4-14(25)5-7-15/h3-11H,2,12H2,1H3,(H,29,32)/b19-10+. The molecule has 0 radical (unpaired) electrons. The molecule has 1 saturated heterocycles. The number of thioether (sulfide) groups is 1. The maximum Gasteiger partial charge on any atom is 0.294 e. The highest BCUT2D eigenvalue weighted by Crippen LogP contribution is 2.36. The van der Waals surface area contributed by atoms with Gasteiger partial charge in [0.15, 0.2) is 11.5 Å². The number of ether oxygens (including phenoxy) is 2. The molecule has 0 saturated carbocycles. The molecule has 9 nitrogen and oxygen atoms in total. The molecule has 1 aliphatic rings. The molecular weight excluding hydrogens is 591 g/mol. The highest BCUT2D eigenvalue weighted by atomic mass is 79.9. The van der Waals surface area contributed by atoms with Crippen LogP contribution in [0, 0.1) is 5.82 Å². The molecule has 3 aromatic rings. The second kappa shape index (κ2) is 11.7. The maximum absolute atomic E-state index is 14.0. The molecule has 1 fully saturated rings. The van der Waals surface area contributed by atoms with Crippen molar-refractivity contribution in [3.63, 3.8) is 0 Å². The van der Waals surface area contributed by atoms with Crippen molar-refractivity contribution in [3.8, 4) is 17.4 Å². The van der Waals surface area contributed by atoms with Gasteiger partial charge in [-0.05, 0) is 78.3 Å². The Kier molecular flexibility index (Phi) is 8.41. The third-order valence-electron chi connectivity index (χ3n) is 4.76. The number of benzene rings is 2. The van der Waals surface area contributed by atoms with Gasteiger partial charge in [0.2, 0.25) is 17.0 Å². The number of hydrogen-bond donors (Lipinski definition) is 1. The zero-order chi connectivity index (χ0) is 26.5. The van der Waals surface area contributed by atoms with Crippen molar-refractivity contribution in [2.45, 2.75) is 6.92 Å². The van der Waals surface area contributed by atoms with Gasteiger partial charge in [0.1, 0.15) is 6.54 Å². The van der Waals surface area contributed by atoms with Crippen molar-refractivity contribution in [3.05, 3.63) is 74.7 Å². The zero-order valence-corrected chi connectivity index (χ0v) is 22.2. The van der Waals surface area contributed by atoms with Gasteiger partial charge in [-0.25, -0.2) is 4.98 Å². The summed E-state index contributed by atoms with van der Waals surface area (Å²) in [4.78, 5) is 45.9. The molecule has 0 atom stereocenters. The predicted octanol–water partition coefficient (Wildman–Crippen LogP) is 5.90. The fourth-order valence-electron chi connectivity index (χ4n) is 3.14. The van der Waals surface area contributed by atoms with Crippen LogP contribution in [0.3, 0.4) is 0 Å². The summed E-state index contributed by atoms with van der Waals surface area (Å²) in [6.07, 6.45) is 2.38. The van der Waals surface area contributed by atoms with Crippen molar-refractivity contribution in [2.75, 3.05) is 18.5 Å². The quantitative estimate of drug-likeness (QED) is 0.249. The first-order valence-corrected chi connectivity index (χ1v) is 12.7. The molecule has 1 aromatic heterocycles. The van der Waals surface area contributed by atoms with Crippen LogP contribution in [0.5, 0.6) is 17.4 Å². The molecule has 3 amide bonds. The maximum atomic E-state index is 14.0. The number of carbonyl (C=O) groups is 3. The number of carbonyl (C=O) groups excluding carboxylic acids is 3. The minimum atomic E-state index is -0.811. The van der Waals surface area contributed by atoms with Gasteiger partial charge in [0.25, 0.3) is 17.0 Å². The van der Waals surface area contributed by atoms with Gasteiger partial charge < -0.3 is 14.8 Å². The van der Waals surface area contributed by atoms with E-state index in [1.165, 1.54) is 12.1 Å². The largest absolute Gasteiger partial charge is 0.490 e. The van der Waals surface area contributed by atoms with E-state index in [4.69, 9.17) is 21.1 Å². The monoisotopic (exact) mass is 606 g/mol. The van der Waals surface area contributed by atoms with Gasteiger partial charge in [-0.15, -0.1) is 0 Å². The Bertz CT molecular complexity index is 1410. The van der Waals surface area contributed by atoms with E-state index in [1.54, 1.807) is 43.3 Å². The van der Waals surface area contributed by atoms with E-state index < -0.39 is 29.4 Å². The predicted molar refractivity (Wildman–Crippen MR) is 140 cm³/mol. The van der Waals surface area contributed by atoms with E-state index >= 15 is 0 Å². The van der Waals surface area contributed by atoms with E-state index in [1.807, 2.05) is 0 Å². The minimum absolute atomic E-state index is 0.131. The second-order valence-corrected chi connectivity index (χ2v) is 9.60. The first-order valence-electron chi connectivity index (χ1n) is 10.7. The molecule has 1 aliphatic heterocycles. The number of nitrogens with zero attached hydrogens (tertiary/aromatic N) is 3. The Labute approximate surface area is 228 Å². The van der Waals surface area contributed by atoms with Crippen molar-refractivity contribution in [1.29, 1.82) is 0 Å². The molecule has 0 aliphatic carbocycles. The van der Waals surface area contributed by atoms with Crippen LogP contribution in [-0.2, 0) is 9.59 Å². The summed E-state index contributed by atoms with van der Waals surface area (Å²) in [5.41, 5.74) is 1.05. The summed E-state index contributed by atoms with van der Waals surface area (Å²) in [5.74, 6) is -1.89. The zero-order valence-electron chi connectivity index (χ0n) is 19.0. The van der Waals surface area contributed by atoms with Crippen molar-refractivity contribution in [2.24, 2.45) is 0 Å². The smallest absolute Gasteiger partial charge is 0.294 e. The second-order valence-electron chi connectivity index (χ2n) is 7.36. The normalized spacial score (nSPS) is 14.3. The summed E-state index contributed by atoms with van der Waals surface area (Å²) < 4.78 is 26.0. The third-order valence-corrected chi connectivity index (χ3v) is 6.38. The van der Waals surface area contributed by atoms with Gasteiger partial charge in [0.05, 0.1) is 17.7 Å². The summed E-state index contributed by atoms with van der Waals surface area (Å²) in [6, 6.07) is 11.5. The topological polar surface area (TPSA) is 111 Å². The number of imide groups is 1. The van der Waals surface area contributed by atoms with Gasteiger partial charge in [-0.3, -0.25) is 19.3 Å². The molecule has 0 unspecified atom stereocenters. The Balaban J connectivity index is 1.49. The molecule has 37 heavy (non-hydrogen) atoms. The average Bonchev–Trinajstić information content (AvgIpc) is 3.11. The molecular formula is C24H17BrClFN4O5S. The Morgan fingerprint density at radius 2 is 1.97 bits per heavy atom. The summed E-state index contributed by atoms with van der Waals surface area (Å²) >= 11 is 9.74. The van der Waals surface area contributed by atoms with Crippen LogP contribution in [0.1, 0.15) is 12.5 Å². The van der Waals surface area contributed by atoms with E-state index in [0.29, 0.717) is 23.0 Å². The Hall–Kier alpha value is -3.48. The van der Waals surface area contributed by atoms with Crippen LogP contribution < -0.4 is 14.8 Å². The minimum Gasteiger partial charge on any atom is -0.490 e. The summed E-state index contributed by atoms with van der Waals surface area (Å²) in [6.45, 7) is 1.60. The first-order chi connectivity index (χ1) is 17.7. The van der Waals surface area contributed by atoms with Crippen LogP contribution in [0.4, 0.5) is 14.9 Å². The first kappa shape index (κ1) is 26.6. The highest BCUT2D eigenvalue weighted by Gasteiger charge is 2.36. The lowest BCUT2D eigenvalue weighted by Gasteiger charge is -2.13. The molecule has 0 bridgehead atoms. The molecule has 2 heterocycles. The van der Waals surface area contributed by atoms with E-state index in [2.05, 4.69) is 31.2 Å². The number of anilines is 1. The van der Waals surface area contributed by atoms with E-state index in [-0.39, 0.29) is 34.2 Å². The summed E-state index contributed by atoms with van der Waals surface area (Å²) in [7, 11) is 0. The number of rotatable bonds is 8. The Morgan fingerprint density at radius 1 is 1.22 bits per heavy atom. The third kappa shape index (κ3) is 6.64. The lowest BCUT2D eigenvalue weighted by Crippen LogP contribution is -2.36. The van der Waals surface area contributed by atoms with Crippen LogP contribution in [0.15, 0.2) is 58.0 Å². The molecule has 13 heteroatoms. The van der Waals surface area contributed by atoms with Crippen LogP contribution >= 0.6 is 39.3 Å². The van der Waals surface area contributed by atoms with Gasteiger partial charge >= 0.3 is 0 Å². The van der Waals surface area contributed by atoms with Crippen LogP contribution in [0.25, 0.3) is 6.08 Å². The van der Waals surface area contributed by atoms with E-state index in [0.717, 1.165) is 15.6 Å². The molecule has 0 spiro atoms. The number of aromatic nitrogens is 2. The average molecular weight is 608 g/mol. The number of halogens is 3. The van der Waals surface area contributed by atoms with Crippen molar-refractivity contribution >= 4 is 68.1 Å².